The van der Waals surface area contributed by atoms with Crippen LogP contribution in [-0.4, -0.2) is 35.5 Å². The summed E-state index contributed by atoms with van der Waals surface area (Å²) < 4.78 is 27.6. The second-order valence-electron chi connectivity index (χ2n) is 6.97. The SMILES string of the molecule is CCCCNc1cc(C)c(C2=CC(C(=O)Nc3c(F)cccc3F)NN2C)cn1. The summed E-state index contributed by atoms with van der Waals surface area (Å²) >= 11 is 0. The molecule has 3 rings (SSSR count). The number of para-hydroxylation sites is 1. The molecule has 0 spiro atoms. The first-order valence-electron chi connectivity index (χ1n) is 9.58. The predicted molar refractivity (Wildman–Crippen MR) is 110 cm³/mol. The van der Waals surface area contributed by atoms with Crippen LogP contribution in [0.4, 0.5) is 20.3 Å². The maximum atomic E-state index is 13.8. The molecular weight excluding hydrogens is 376 g/mol. The normalized spacial score (nSPS) is 16.0. The van der Waals surface area contributed by atoms with Crippen molar-refractivity contribution >= 4 is 23.1 Å². The predicted octanol–water partition coefficient (Wildman–Crippen LogP) is 3.68. The minimum atomic E-state index is -0.819. The van der Waals surface area contributed by atoms with Crippen LogP contribution in [0.1, 0.15) is 30.9 Å². The van der Waals surface area contributed by atoms with Crippen LogP contribution in [0.2, 0.25) is 0 Å². The van der Waals surface area contributed by atoms with Crippen LogP contribution in [0.25, 0.3) is 5.70 Å². The Morgan fingerprint density at radius 2 is 2.03 bits per heavy atom. The summed E-state index contributed by atoms with van der Waals surface area (Å²) in [6.45, 7) is 4.96. The number of anilines is 2. The van der Waals surface area contributed by atoms with Crippen molar-refractivity contribution in [3.63, 3.8) is 0 Å². The van der Waals surface area contributed by atoms with Crippen molar-refractivity contribution in [2.75, 3.05) is 24.2 Å². The average molecular weight is 401 g/mol. The fourth-order valence-corrected chi connectivity index (χ4v) is 3.12. The standard InChI is InChI=1S/C21H25F2N5O/c1-4-5-9-24-19-10-13(2)14(12-25-19)18-11-17(27-28(18)3)21(29)26-20-15(22)7-6-8-16(20)23/h6-8,10-12,17,27H,4-5,9H2,1-3H3,(H,24,25)(H,26,29). The number of rotatable bonds is 7. The molecule has 1 aliphatic heterocycles. The van der Waals surface area contributed by atoms with Gasteiger partial charge in [-0.1, -0.05) is 19.4 Å². The van der Waals surface area contributed by atoms with Crippen molar-refractivity contribution in [3.05, 3.63) is 59.3 Å². The van der Waals surface area contributed by atoms with Crippen molar-refractivity contribution in [2.24, 2.45) is 0 Å². The zero-order valence-corrected chi connectivity index (χ0v) is 16.7. The fraction of sp³-hybridized carbons (Fsp3) is 0.333. The summed E-state index contributed by atoms with van der Waals surface area (Å²) in [5, 5.41) is 7.31. The highest BCUT2D eigenvalue weighted by Gasteiger charge is 2.28. The van der Waals surface area contributed by atoms with Crippen LogP contribution in [0.15, 0.2) is 36.5 Å². The van der Waals surface area contributed by atoms with Gasteiger partial charge in [0.05, 0.1) is 5.70 Å². The number of benzene rings is 1. The maximum Gasteiger partial charge on any atom is 0.247 e. The molecule has 2 heterocycles. The molecule has 2 aromatic rings. The fourth-order valence-electron chi connectivity index (χ4n) is 3.12. The molecule has 3 N–H and O–H groups in total. The van der Waals surface area contributed by atoms with Crippen LogP contribution in [0, 0.1) is 18.6 Å². The van der Waals surface area contributed by atoms with Crippen LogP contribution in [-0.2, 0) is 4.79 Å². The van der Waals surface area contributed by atoms with Crippen molar-refractivity contribution in [3.8, 4) is 0 Å². The van der Waals surface area contributed by atoms with Crippen molar-refractivity contribution in [1.82, 2.24) is 15.4 Å². The van der Waals surface area contributed by atoms with E-state index < -0.39 is 29.3 Å². The number of nitrogens with zero attached hydrogens (tertiary/aromatic N) is 2. The van der Waals surface area contributed by atoms with Gasteiger partial charge in [-0.15, -0.1) is 0 Å². The van der Waals surface area contributed by atoms with Crippen LogP contribution < -0.4 is 16.1 Å². The van der Waals surface area contributed by atoms with Crippen molar-refractivity contribution in [1.29, 1.82) is 0 Å². The van der Waals surface area contributed by atoms with E-state index in [0.717, 1.165) is 54.2 Å². The molecule has 154 valence electrons. The molecule has 0 saturated heterocycles. The number of carbonyl (C=O) groups is 1. The van der Waals surface area contributed by atoms with Gasteiger partial charge < -0.3 is 15.6 Å². The molecule has 0 fully saturated rings. The van der Waals surface area contributed by atoms with Gasteiger partial charge in [0, 0.05) is 25.4 Å². The van der Waals surface area contributed by atoms with Gasteiger partial charge in [0.25, 0.3) is 0 Å². The lowest BCUT2D eigenvalue weighted by Crippen LogP contribution is -2.41. The van der Waals surface area contributed by atoms with E-state index in [1.165, 1.54) is 6.07 Å². The van der Waals surface area contributed by atoms with Gasteiger partial charge in [0.1, 0.15) is 29.2 Å². The second-order valence-corrected chi connectivity index (χ2v) is 6.97. The Morgan fingerprint density at radius 1 is 1.31 bits per heavy atom. The molecule has 1 unspecified atom stereocenters. The monoisotopic (exact) mass is 401 g/mol. The number of unbranched alkanes of at least 4 members (excludes halogenated alkanes) is 1. The molecule has 0 aliphatic carbocycles. The van der Waals surface area contributed by atoms with Crippen LogP contribution in [0.5, 0.6) is 0 Å². The number of halogens is 2. The van der Waals surface area contributed by atoms with E-state index in [4.69, 9.17) is 0 Å². The second kappa shape index (κ2) is 9.00. The zero-order chi connectivity index (χ0) is 21.0. The lowest BCUT2D eigenvalue weighted by Gasteiger charge is -2.20. The smallest absolute Gasteiger partial charge is 0.247 e. The van der Waals surface area contributed by atoms with Crippen LogP contribution in [0.3, 0.4) is 0 Å². The lowest BCUT2D eigenvalue weighted by atomic mass is 10.1. The molecule has 0 saturated carbocycles. The molecule has 6 nitrogen and oxygen atoms in total. The number of nitrogens with one attached hydrogen (secondary N) is 3. The number of hydrogen-bond donors (Lipinski definition) is 3. The number of hydrogen-bond acceptors (Lipinski definition) is 5. The minimum Gasteiger partial charge on any atom is -0.370 e. The van der Waals surface area contributed by atoms with E-state index in [1.54, 1.807) is 24.3 Å². The van der Waals surface area contributed by atoms with E-state index in [2.05, 4.69) is 28.0 Å². The van der Waals surface area contributed by atoms with E-state index in [-0.39, 0.29) is 0 Å². The number of hydrazine groups is 1. The first kappa shape index (κ1) is 20.7. The van der Waals surface area contributed by atoms with Gasteiger partial charge in [0.2, 0.25) is 5.91 Å². The third-order valence-electron chi connectivity index (χ3n) is 4.74. The number of aryl methyl sites for hydroxylation is 1. The number of aromatic nitrogens is 1. The Hall–Kier alpha value is -3.00. The Labute approximate surface area is 169 Å². The van der Waals surface area contributed by atoms with Crippen molar-refractivity contribution in [2.45, 2.75) is 32.7 Å². The van der Waals surface area contributed by atoms with E-state index in [0.29, 0.717) is 0 Å². The van der Waals surface area contributed by atoms with Crippen molar-refractivity contribution < 1.29 is 13.6 Å². The first-order valence-corrected chi connectivity index (χ1v) is 9.58. The Kier molecular flexibility index (Phi) is 6.43. The Balaban J connectivity index is 1.76. The molecule has 1 atom stereocenters. The molecule has 1 amide bonds. The third-order valence-corrected chi connectivity index (χ3v) is 4.74. The number of amides is 1. The highest BCUT2D eigenvalue weighted by Crippen LogP contribution is 2.27. The van der Waals surface area contributed by atoms with E-state index >= 15 is 0 Å². The Morgan fingerprint density at radius 3 is 2.69 bits per heavy atom. The largest absolute Gasteiger partial charge is 0.370 e. The summed E-state index contributed by atoms with van der Waals surface area (Å²) in [6.07, 6.45) is 5.64. The summed E-state index contributed by atoms with van der Waals surface area (Å²) in [5.41, 5.74) is 5.17. The quantitative estimate of drug-likeness (QED) is 0.618. The number of pyridine rings is 1. The van der Waals surface area contributed by atoms with E-state index in [1.807, 2.05) is 13.0 Å². The van der Waals surface area contributed by atoms with Gasteiger partial charge in [-0.05, 0) is 43.2 Å². The zero-order valence-electron chi connectivity index (χ0n) is 16.7. The molecule has 1 aromatic carbocycles. The third kappa shape index (κ3) is 4.71. The molecular formula is C21H25F2N5O. The molecule has 0 radical (unpaired) electrons. The highest BCUT2D eigenvalue weighted by atomic mass is 19.1. The number of carbonyl (C=O) groups excluding carboxylic acids is 1. The molecule has 1 aromatic heterocycles. The summed E-state index contributed by atoms with van der Waals surface area (Å²) in [6, 6.07) is 4.63. The van der Waals surface area contributed by atoms with Gasteiger partial charge >= 0.3 is 0 Å². The van der Waals surface area contributed by atoms with E-state index in [9.17, 15) is 13.6 Å². The molecule has 29 heavy (non-hydrogen) atoms. The summed E-state index contributed by atoms with van der Waals surface area (Å²) in [7, 11) is 1.77. The summed E-state index contributed by atoms with van der Waals surface area (Å²) in [4.78, 5) is 17.0. The van der Waals surface area contributed by atoms with Gasteiger partial charge in [-0.2, -0.15) is 0 Å². The highest BCUT2D eigenvalue weighted by molar-refractivity contribution is 5.98. The molecule has 0 bridgehead atoms. The first-order chi connectivity index (χ1) is 13.9. The lowest BCUT2D eigenvalue weighted by molar-refractivity contribution is -0.117. The molecule has 1 aliphatic rings. The summed E-state index contributed by atoms with van der Waals surface area (Å²) in [5.74, 6) is -1.39. The average Bonchev–Trinajstić information content (AvgIpc) is 3.07. The maximum absolute atomic E-state index is 13.8. The minimum absolute atomic E-state index is 0.454. The Bertz CT molecular complexity index is 911. The van der Waals surface area contributed by atoms with Gasteiger partial charge in [0.15, 0.2) is 0 Å². The van der Waals surface area contributed by atoms with Crippen LogP contribution >= 0.6 is 0 Å². The van der Waals surface area contributed by atoms with Gasteiger partial charge in [-0.25, -0.2) is 19.2 Å². The topological polar surface area (TPSA) is 69.3 Å². The van der Waals surface area contributed by atoms with Gasteiger partial charge in [-0.3, -0.25) is 4.79 Å². The molecule has 8 heteroatoms.